The first-order valence-electron chi connectivity index (χ1n) is 18.6. The van der Waals surface area contributed by atoms with Gasteiger partial charge in [-0.25, -0.2) is 0 Å². The van der Waals surface area contributed by atoms with Gasteiger partial charge in [0.05, 0.1) is 37.1 Å². The number of carbonyl (C=O) groups excluding carboxylic acids is 1. The van der Waals surface area contributed by atoms with Crippen LogP contribution in [0, 0.1) is 51.2 Å². The fourth-order valence-corrected chi connectivity index (χ4v) is 13.2. The van der Waals surface area contributed by atoms with Crippen molar-refractivity contribution in [1.82, 2.24) is 10.2 Å². The van der Waals surface area contributed by atoms with E-state index in [9.17, 15) is 15.0 Å². The summed E-state index contributed by atoms with van der Waals surface area (Å²) in [5, 5.41) is 24.6. The minimum atomic E-state index is -1.14. The molecule has 3 aliphatic heterocycles. The number of amides is 1. The van der Waals surface area contributed by atoms with Gasteiger partial charge in [0.15, 0.2) is 6.29 Å². The molecule has 8 rings (SSSR count). The predicted octanol–water partition coefficient (Wildman–Crippen LogP) is 4.50. The van der Waals surface area contributed by atoms with Crippen LogP contribution in [0.3, 0.4) is 0 Å². The van der Waals surface area contributed by atoms with Crippen molar-refractivity contribution in [2.45, 2.75) is 142 Å². The van der Waals surface area contributed by atoms with Crippen molar-refractivity contribution in [2.75, 3.05) is 32.8 Å². The molecule has 3 saturated heterocycles. The number of rotatable bonds is 6. The SMILES string of the molecule is CC(C)(O)C(O)C1CCC2C(CC3C4CCC5C(C)(C)C(OC6CN(C(=O)CC7CNC7)CCO6)CCC56CC46CCC23C)O1. The Hall–Kier alpha value is -0.770. The van der Waals surface area contributed by atoms with Crippen molar-refractivity contribution < 1.29 is 29.2 Å². The molecule has 2 spiro atoms. The number of aliphatic hydroxyl groups is 2. The second-order valence-electron chi connectivity index (χ2n) is 18.4. The van der Waals surface area contributed by atoms with Crippen LogP contribution in [0.1, 0.15) is 105 Å². The first-order valence-corrected chi connectivity index (χ1v) is 18.6. The number of carbonyl (C=O) groups is 1. The molecule has 12 unspecified atom stereocenters. The molecule has 8 nitrogen and oxygen atoms in total. The lowest BCUT2D eigenvalue weighted by Gasteiger charge is -2.60. The summed E-state index contributed by atoms with van der Waals surface area (Å²) in [6, 6.07) is 0. The van der Waals surface area contributed by atoms with E-state index in [1.165, 1.54) is 38.5 Å². The molecule has 1 amide bonds. The second-order valence-corrected chi connectivity index (χ2v) is 18.4. The maximum absolute atomic E-state index is 13.0. The topological polar surface area (TPSA) is 100 Å². The van der Waals surface area contributed by atoms with Gasteiger partial charge in [0.2, 0.25) is 5.91 Å². The van der Waals surface area contributed by atoms with Crippen LogP contribution in [0.4, 0.5) is 0 Å². The van der Waals surface area contributed by atoms with Crippen molar-refractivity contribution in [3.8, 4) is 0 Å². The van der Waals surface area contributed by atoms with Gasteiger partial charge in [-0.15, -0.1) is 0 Å². The average Bonchev–Trinajstić information content (AvgIpc) is 3.55. The standard InChI is InChI=1S/C37H60N2O6/c1-33(2)28-9-7-23-25-17-27-24(6-8-26(44-27)32(41)34(3,4)42)35(25,5)12-13-36(23)21-37(28,36)11-10-29(33)45-31-20-39(14-15-43-31)30(40)16-22-18-38-19-22/h22-29,31-32,38,41-42H,6-21H2,1-5H3. The number of nitrogens with one attached hydrogen (secondary N) is 1. The van der Waals surface area contributed by atoms with Gasteiger partial charge in [-0.1, -0.05) is 20.8 Å². The van der Waals surface area contributed by atoms with E-state index in [-0.39, 0.29) is 35.9 Å². The van der Waals surface area contributed by atoms with Crippen LogP contribution in [0.25, 0.3) is 0 Å². The van der Waals surface area contributed by atoms with E-state index in [0.717, 1.165) is 44.7 Å². The monoisotopic (exact) mass is 628 g/mol. The highest BCUT2D eigenvalue weighted by Crippen LogP contribution is 2.87. The van der Waals surface area contributed by atoms with Crippen molar-refractivity contribution in [1.29, 1.82) is 0 Å². The van der Waals surface area contributed by atoms with Crippen LogP contribution in [0.2, 0.25) is 0 Å². The molecule has 45 heavy (non-hydrogen) atoms. The zero-order chi connectivity index (χ0) is 31.6. The van der Waals surface area contributed by atoms with Crippen LogP contribution in [0.15, 0.2) is 0 Å². The van der Waals surface area contributed by atoms with E-state index in [0.29, 0.717) is 66.0 Å². The Morgan fingerprint density at radius 1 is 1.02 bits per heavy atom. The summed E-state index contributed by atoms with van der Waals surface area (Å²) in [6.07, 6.45) is 11.7. The highest BCUT2D eigenvalue weighted by molar-refractivity contribution is 5.76. The minimum Gasteiger partial charge on any atom is -0.388 e. The molecule has 0 aromatic carbocycles. The van der Waals surface area contributed by atoms with Crippen LogP contribution < -0.4 is 5.32 Å². The number of aliphatic hydroxyl groups excluding tert-OH is 1. The normalized spacial score (nSPS) is 49.4. The summed E-state index contributed by atoms with van der Waals surface area (Å²) in [5.41, 5.74) is 0.185. The van der Waals surface area contributed by atoms with Crippen LogP contribution in [-0.2, 0) is 19.0 Å². The average molecular weight is 629 g/mol. The Morgan fingerprint density at radius 2 is 1.80 bits per heavy atom. The molecule has 5 aliphatic carbocycles. The Balaban J connectivity index is 0.942. The molecule has 254 valence electrons. The fourth-order valence-electron chi connectivity index (χ4n) is 13.2. The van der Waals surface area contributed by atoms with E-state index < -0.39 is 11.7 Å². The maximum Gasteiger partial charge on any atom is 0.223 e. The van der Waals surface area contributed by atoms with Gasteiger partial charge < -0.3 is 34.6 Å². The quantitative estimate of drug-likeness (QED) is 0.398. The van der Waals surface area contributed by atoms with Gasteiger partial charge in [0.1, 0.15) is 6.10 Å². The van der Waals surface area contributed by atoms with Gasteiger partial charge in [0, 0.05) is 13.0 Å². The minimum absolute atomic E-state index is 0.0773. The van der Waals surface area contributed by atoms with E-state index >= 15 is 0 Å². The summed E-state index contributed by atoms with van der Waals surface area (Å²) in [6.45, 7) is 14.7. The van der Waals surface area contributed by atoms with Gasteiger partial charge in [-0.2, -0.15) is 0 Å². The first-order chi connectivity index (χ1) is 21.3. The Labute approximate surface area is 270 Å². The van der Waals surface area contributed by atoms with E-state index in [4.69, 9.17) is 14.2 Å². The zero-order valence-corrected chi connectivity index (χ0v) is 28.6. The van der Waals surface area contributed by atoms with Gasteiger partial charge in [-0.05, 0) is 142 Å². The van der Waals surface area contributed by atoms with E-state index in [2.05, 4.69) is 26.1 Å². The summed E-state index contributed by atoms with van der Waals surface area (Å²) < 4.78 is 19.7. The molecule has 0 aromatic heterocycles. The maximum atomic E-state index is 13.0. The summed E-state index contributed by atoms with van der Waals surface area (Å²) in [5.74, 6) is 3.46. The predicted molar refractivity (Wildman–Crippen MR) is 170 cm³/mol. The molecule has 0 aromatic rings. The first kappa shape index (κ1) is 31.5. The molecule has 3 N–H and O–H groups in total. The van der Waals surface area contributed by atoms with Gasteiger partial charge in [0.25, 0.3) is 0 Å². The fraction of sp³-hybridized carbons (Fsp3) is 0.973. The van der Waals surface area contributed by atoms with Gasteiger partial charge in [-0.3, -0.25) is 4.79 Å². The van der Waals surface area contributed by atoms with Crippen LogP contribution in [0.5, 0.6) is 0 Å². The van der Waals surface area contributed by atoms with Crippen LogP contribution in [-0.4, -0.2) is 90.1 Å². The molecular weight excluding hydrogens is 568 g/mol. The third-order valence-electron chi connectivity index (χ3n) is 15.7. The number of ether oxygens (including phenoxy) is 3. The lowest BCUT2D eigenvalue weighted by molar-refractivity contribution is -0.244. The van der Waals surface area contributed by atoms with Crippen molar-refractivity contribution >= 4 is 5.91 Å². The molecule has 0 bridgehead atoms. The third-order valence-corrected chi connectivity index (χ3v) is 15.7. The Kier molecular flexibility index (Phi) is 7.43. The molecule has 8 fully saturated rings. The number of fused-ring (bicyclic) bond motifs is 4. The third kappa shape index (κ3) is 4.69. The molecule has 12 atom stereocenters. The zero-order valence-electron chi connectivity index (χ0n) is 28.6. The Morgan fingerprint density at radius 3 is 2.53 bits per heavy atom. The highest BCUT2D eigenvalue weighted by Gasteiger charge is 2.80. The van der Waals surface area contributed by atoms with Crippen molar-refractivity contribution in [3.63, 3.8) is 0 Å². The molecule has 5 saturated carbocycles. The molecule has 0 radical (unpaired) electrons. The number of hydrogen-bond donors (Lipinski definition) is 3. The Bertz CT molecular complexity index is 1170. The van der Waals surface area contributed by atoms with E-state index in [1.807, 2.05) is 4.90 Å². The second kappa shape index (κ2) is 10.6. The number of morpholine rings is 1. The highest BCUT2D eigenvalue weighted by atomic mass is 16.7. The number of hydrogen-bond acceptors (Lipinski definition) is 7. The smallest absolute Gasteiger partial charge is 0.223 e. The lowest BCUT2D eigenvalue weighted by atomic mass is 9.46. The van der Waals surface area contributed by atoms with Gasteiger partial charge >= 0.3 is 0 Å². The molecular formula is C37H60N2O6. The summed E-state index contributed by atoms with van der Waals surface area (Å²) in [4.78, 5) is 14.9. The summed E-state index contributed by atoms with van der Waals surface area (Å²) >= 11 is 0. The lowest BCUT2D eigenvalue weighted by Crippen LogP contribution is -2.56. The van der Waals surface area contributed by atoms with E-state index in [1.54, 1.807) is 13.8 Å². The molecule has 3 heterocycles. The molecule has 8 heteroatoms. The van der Waals surface area contributed by atoms with Crippen molar-refractivity contribution in [2.24, 2.45) is 51.2 Å². The largest absolute Gasteiger partial charge is 0.388 e. The van der Waals surface area contributed by atoms with Crippen LogP contribution >= 0.6 is 0 Å². The summed E-state index contributed by atoms with van der Waals surface area (Å²) in [7, 11) is 0. The number of nitrogens with zero attached hydrogens (tertiary/aromatic N) is 1. The molecule has 8 aliphatic rings. The van der Waals surface area contributed by atoms with Crippen molar-refractivity contribution in [3.05, 3.63) is 0 Å².